The molecule has 3 aromatic rings. The maximum atomic E-state index is 10.2. The van der Waals surface area contributed by atoms with Crippen molar-refractivity contribution in [3.63, 3.8) is 0 Å². The fourth-order valence-corrected chi connectivity index (χ4v) is 3.08. The zero-order chi connectivity index (χ0) is 20.8. The van der Waals surface area contributed by atoms with Gasteiger partial charge < -0.3 is 15.7 Å². The molecule has 5 nitrogen and oxygen atoms in total. The van der Waals surface area contributed by atoms with Crippen molar-refractivity contribution in [2.75, 3.05) is 10.6 Å². The summed E-state index contributed by atoms with van der Waals surface area (Å²) in [5, 5.41) is 26.1. The van der Waals surface area contributed by atoms with E-state index in [1.165, 1.54) is 6.07 Å². The van der Waals surface area contributed by atoms with E-state index in [2.05, 4.69) is 26.6 Å². The van der Waals surface area contributed by atoms with Gasteiger partial charge in [0, 0.05) is 4.47 Å². The second-order valence-corrected chi connectivity index (χ2v) is 7.60. The fourth-order valence-electron chi connectivity index (χ4n) is 2.63. The van der Waals surface area contributed by atoms with Crippen molar-refractivity contribution < 1.29 is 5.11 Å². The molecule has 0 saturated heterocycles. The molecule has 3 rings (SSSR count). The van der Waals surface area contributed by atoms with Crippen molar-refractivity contribution in [3.05, 3.63) is 87.4 Å². The van der Waals surface area contributed by atoms with Crippen LogP contribution in [0.4, 0.5) is 11.4 Å². The molecule has 3 aromatic carbocycles. The number of phenols is 1. The highest BCUT2D eigenvalue weighted by Crippen LogP contribution is 2.27. The van der Waals surface area contributed by atoms with Gasteiger partial charge in [-0.25, -0.2) is 4.99 Å². The van der Waals surface area contributed by atoms with Crippen LogP contribution in [0, 0.1) is 11.3 Å². The summed E-state index contributed by atoms with van der Waals surface area (Å²) in [5.74, 6) is 0.363. The van der Waals surface area contributed by atoms with Crippen LogP contribution >= 0.6 is 27.5 Å². The number of phenolic OH excluding ortho intramolecular Hbond substituents is 1. The minimum absolute atomic E-state index is 0.0472. The van der Waals surface area contributed by atoms with Crippen LogP contribution in [0.25, 0.3) is 0 Å². The third kappa shape index (κ3) is 5.50. The SMILES string of the molecule is C[C@@H](N=C(Nc1ccc(C#N)cc1O)Nc1ccccc1Cl)c1ccc(Br)cc1. The summed E-state index contributed by atoms with van der Waals surface area (Å²) in [5.41, 5.74) is 2.49. The topological polar surface area (TPSA) is 80.4 Å². The average molecular weight is 470 g/mol. The number of nitrogens with zero attached hydrogens (tertiary/aromatic N) is 2. The monoisotopic (exact) mass is 468 g/mol. The number of aromatic hydroxyl groups is 1. The number of benzene rings is 3. The molecule has 3 N–H and O–H groups in total. The molecule has 0 bridgehead atoms. The molecule has 0 aliphatic rings. The molecule has 0 unspecified atom stereocenters. The lowest BCUT2D eigenvalue weighted by Crippen LogP contribution is -2.23. The summed E-state index contributed by atoms with van der Waals surface area (Å²) in [6, 6.07) is 21.7. The average Bonchev–Trinajstić information content (AvgIpc) is 2.71. The smallest absolute Gasteiger partial charge is 0.201 e. The van der Waals surface area contributed by atoms with Gasteiger partial charge in [0.15, 0.2) is 0 Å². The van der Waals surface area contributed by atoms with Crippen molar-refractivity contribution in [3.8, 4) is 11.8 Å². The third-order valence-electron chi connectivity index (χ3n) is 4.18. The molecular weight excluding hydrogens is 452 g/mol. The lowest BCUT2D eigenvalue weighted by molar-refractivity contribution is 0.477. The van der Waals surface area contributed by atoms with Crippen LogP contribution in [0.15, 0.2) is 76.2 Å². The Kier molecular flexibility index (Phi) is 6.76. The zero-order valence-electron chi connectivity index (χ0n) is 15.5. The van der Waals surface area contributed by atoms with Crippen LogP contribution in [0.5, 0.6) is 5.75 Å². The predicted molar refractivity (Wildman–Crippen MR) is 122 cm³/mol. The summed E-state index contributed by atoms with van der Waals surface area (Å²) in [7, 11) is 0. The van der Waals surface area contributed by atoms with E-state index in [-0.39, 0.29) is 11.8 Å². The van der Waals surface area contributed by atoms with Crippen LogP contribution in [0.1, 0.15) is 24.1 Å². The standard InChI is InChI=1S/C22H18BrClN4O/c1-14(16-7-9-17(23)10-8-16)26-22(27-19-5-3-2-4-18(19)24)28-20-11-6-15(13-25)12-21(20)29/h2-12,14,29H,1H3,(H2,26,27,28)/t14-/m1/s1. The molecule has 0 fully saturated rings. The summed E-state index contributed by atoms with van der Waals surface area (Å²) in [6.07, 6.45) is 0. The molecule has 7 heteroatoms. The van der Waals surface area contributed by atoms with Gasteiger partial charge in [0.2, 0.25) is 5.96 Å². The van der Waals surface area contributed by atoms with Gasteiger partial charge in [0.25, 0.3) is 0 Å². The molecule has 0 spiro atoms. The summed E-state index contributed by atoms with van der Waals surface area (Å²) < 4.78 is 0.993. The highest BCUT2D eigenvalue weighted by atomic mass is 79.9. The number of anilines is 2. The number of guanidine groups is 1. The second-order valence-electron chi connectivity index (χ2n) is 6.28. The Hall–Kier alpha value is -3.01. The van der Waals surface area contributed by atoms with Gasteiger partial charge in [-0.15, -0.1) is 0 Å². The molecule has 0 aliphatic carbocycles. The molecule has 0 radical (unpaired) electrons. The number of nitriles is 1. The number of nitrogens with one attached hydrogen (secondary N) is 2. The first-order valence-corrected chi connectivity index (χ1v) is 9.98. The third-order valence-corrected chi connectivity index (χ3v) is 5.04. The van der Waals surface area contributed by atoms with Crippen LogP contribution in [0.2, 0.25) is 5.02 Å². The van der Waals surface area contributed by atoms with Crippen LogP contribution in [-0.4, -0.2) is 11.1 Å². The normalized spacial score (nSPS) is 12.1. The van der Waals surface area contributed by atoms with Crippen molar-refractivity contribution >= 4 is 44.9 Å². The lowest BCUT2D eigenvalue weighted by atomic mass is 10.1. The number of halogens is 2. The Morgan fingerprint density at radius 3 is 2.41 bits per heavy atom. The number of para-hydroxylation sites is 1. The summed E-state index contributed by atoms with van der Waals surface area (Å²) in [6.45, 7) is 1.97. The molecule has 0 saturated carbocycles. The molecule has 0 amide bonds. The molecule has 0 aliphatic heterocycles. The number of rotatable bonds is 4. The van der Waals surface area contributed by atoms with E-state index in [0.717, 1.165) is 10.0 Å². The van der Waals surface area contributed by atoms with E-state index >= 15 is 0 Å². The second kappa shape index (κ2) is 9.46. The molecule has 29 heavy (non-hydrogen) atoms. The van der Waals surface area contributed by atoms with Gasteiger partial charge in [-0.05, 0) is 55.0 Å². The Morgan fingerprint density at radius 1 is 1.07 bits per heavy atom. The van der Waals surface area contributed by atoms with E-state index in [4.69, 9.17) is 21.9 Å². The summed E-state index contributed by atoms with van der Waals surface area (Å²) in [4.78, 5) is 4.74. The van der Waals surface area contributed by atoms with Gasteiger partial charge in [-0.3, -0.25) is 0 Å². The van der Waals surface area contributed by atoms with Gasteiger partial charge in [-0.1, -0.05) is 51.8 Å². The van der Waals surface area contributed by atoms with E-state index < -0.39 is 0 Å². The maximum absolute atomic E-state index is 10.2. The van der Waals surface area contributed by atoms with Gasteiger partial charge in [0.05, 0.1) is 34.1 Å². The van der Waals surface area contributed by atoms with Crippen molar-refractivity contribution in [2.24, 2.45) is 4.99 Å². The fraction of sp³-hybridized carbons (Fsp3) is 0.0909. The van der Waals surface area contributed by atoms with Crippen LogP contribution < -0.4 is 10.6 Å². The van der Waals surface area contributed by atoms with Crippen LogP contribution in [0.3, 0.4) is 0 Å². The molecule has 0 heterocycles. The van der Waals surface area contributed by atoms with E-state index in [1.807, 2.05) is 55.5 Å². The van der Waals surface area contributed by atoms with Gasteiger partial charge in [-0.2, -0.15) is 5.26 Å². The first-order chi connectivity index (χ1) is 14.0. The Bertz CT molecular complexity index is 1080. The largest absolute Gasteiger partial charge is 0.506 e. The highest BCUT2D eigenvalue weighted by molar-refractivity contribution is 9.10. The van der Waals surface area contributed by atoms with Crippen LogP contribution in [-0.2, 0) is 0 Å². The number of aliphatic imine (C=N–C) groups is 1. The minimum Gasteiger partial charge on any atom is -0.506 e. The Labute approximate surface area is 182 Å². The van der Waals surface area contributed by atoms with Gasteiger partial charge >= 0.3 is 0 Å². The Balaban J connectivity index is 1.93. The maximum Gasteiger partial charge on any atom is 0.201 e. The molecule has 1 atom stereocenters. The molecule has 0 aromatic heterocycles. The number of hydrogen-bond donors (Lipinski definition) is 3. The minimum atomic E-state index is -0.166. The zero-order valence-corrected chi connectivity index (χ0v) is 17.9. The van der Waals surface area contributed by atoms with E-state index in [9.17, 15) is 5.11 Å². The van der Waals surface area contributed by atoms with Crippen molar-refractivity contribution in [1.82, 2.24) is 0 Å². The first kappa shape index (κ1) is 20.7. The summed E-state index contributed by atoms with van der Waals surface area (Å²) >= 11 is 9.71. The van der Waals surface area contributed by atoms with Gasteiger partial charge in [0.1, 0.15) is 5.75 Å². The highest BCUT2D eigenvalue weighted by Gasteiger charge is 2.11. The lowest BCUT2D eigenvalue weighted by Gasteiger charge is -2.17. The number of hydrogen-bond acceptors (Lipinski definition) is 3. The Morgan fingerprint density at radius 2 is 1.76 bits per heavy atom. The van der Waals surface area contributed by atoms with Crippen molar-refractivity contribution in [1.29, 1.82) is 5.26 Å². The first-order valence-electron chi connectivity index (χ1n) is 8.81. The van der Waals surface area contributed by atoms with Crippen molar-refractivity contribution in [2.45, 2.75) is 13.0 Å². The molecular formula is C22H18BrClN4O. The predicted octanol–water partition coefficient (Wildman–Crippen LogP) is 6.32. The molecule has 146 valence electrons. The van der Waals surface area contributed by atoms with E-state index in [1.54, 1.807) is 18.2 Å². The quantitative estimate of drug-likeness (QED) is 0.237. The van der Waals surface area contributed by atoms with E-state index in [0.29, 0.717) is 27.9 Å².